The van der Waals surface area contributed by atoms with Crippen LogP contribution in [0.3, 0.4) is 0 Å². The predicted octanol–water partition coefficient (Wildman–Crippen LogP) is 3.67. The van der Waals surface area contributed by atoms with Crippen LogP contribution in [0.1, 0.15) is 27.0 Å². The Morgan fingerprint density at radius 2 is 1.85 bits per heavy atom. The zero-order valence-corrected chi connectivity index (χ0v) is 12.1. The van der Waals surface area contributed by atoms with E-state index in [0.717, 1.165) is 16.7 Å². The minimum absolute atomic E-state index is 0.0375. The molecule has 2 aromatic carbocycles. The largest absolute Gasteiger partial charge is 0.422 e. The molecule has 0 unspecified atom stereocenters. The van der Waals surface area contributed by atoms with Crippen molar-refractivity contribution in [3.63, 3.8) is 0 Å². The lowest BCUT2D eigenvalue weighted by Gasteiger charge is -2.12. The highest BCUT2D eigenvalue weighted by Crippen LogP contribution is 2.26. The van der Waals surface area contributed by atoms with Crippen molar-refractivity contribution in [3.05, 3.63) is 63.7 Å². The number of carbonyl (C=O) groups is 1. The minimum atomic E-state index is -0.449. The normalized spacial score (nSPS) is 10.4. The molecule has 104 valence electrons. The van der Waals surface area contributed by atoms with Crippen molar-refractivity contribution in [2.45, 2.75) is 20.5 Å². The molecule has 0 heterocycles. The van der Waals surface area contributed by atoms with Gasteiger partial charge < -0.3 is 9.84 Å². The molecule has 0 radical (unpaired) electrons. The monoisotopic (exact) mass is 290 g/mol. The number of esters is 1. The summed E-state index contributed by atoms with van der Waals surface area (Å²) in [5.41, 5.74) is 2.82. The van der Waals surface area contributed by atoms with Gasteiger partial charge >= 0.3 is 5.97 Å². The summed E-state index contributed by atoms with van der Waals surface area (Å²) in [5.74, 6) is 0.0719. The number of hydrogen-bond acceptors (Lipinski definition) is 3. The van der Waals surface area contributed by atoms with Gasteiger partial charge in [0.15, 0.2) is 0 Å². The molecular weight excluding hydrogens is 276 g/mol. The van der Waals surface area contributed by atoms with E-state index in [1.807, 2.05) is 13.8 Å². The molecule has 0 fully saturated rings. The van der Waals surface area contributed by atoms with E-state index in [0.29, 0.717) is 16.3 Å². The number of carbonyl (C=O) groups excluding carboxylic acids is 1. The minimum Gasteiger partial charge on any atom is -0.422 e. The maximum Gasteiger partial charge on any atom is 0.343 e. The van der Waals surface area contributed by atoms with Gasteiger partial charge in [0.05, 0.1) is 12.2 Å². The Morgan fingerprint density at radius 1 is 1.20 bits per heavy atom. The molecule has 0 saturated carbocycles. The van der Waals surface area contributed by atoms with Crippen LogP contribution in [0, 0.1) is 13.8 Å². The molecular formula is C16H15ClO3. The highest BCUT2D eigenvalue weighted by atomic mass is 35.5. The van der Waals surface area contributed by atoms with Crippen LogP contribution in [0.25, 0.3) is 0 Å². The summed E-state index contributed by atoms with van der Waals surface area (Å²) in [7, 11) is 0. The number of benzene rings is 2. The smallest absolute Gasteiger partial charge is 0.343 e. The third-order valence-electron chi connectivity index (χ3n) is 2.96. The van der Waals surface area contributed by atoms with Gasteiger partial charge in [-0.05, 0) is 48.7 Å². The highest BCUT2D eigenvalue weighted by molar-refractivity contribution is 6.30. The summed E-state index contributed by atoms with van der Waals surface area (Å²) < 4.78 is 5.44. The van der Waals surface area contributed by atoms with Crippen molar-refractivity contribution in [2.75, 3.05) is 0 Å². The summed E-state index contributed by atoms with van der Waals surface area (Å²) in [5, 5.41) is 9.63. The van der Waals surface area contributed by atoms with Gasteiger partial charge in [0.2, 0.25) is 0 Å². The lowest BCUT2D eigenvalue weighted by Crippen LogP contribution is -2.10. The SMILES string of the molecule is Cc1cc(CO)cc(C)c1OC(=O)c1cccc(Cl)c1. The molecule has 0 amide bonds. The first-order valence-electron chi connectivity index (χ1n) is 6.20. The third kappa shape index (κ3) is 3.18. The van der Waals surface area contributed by atoms with Crippen molar-refractivity contribution < 1.29 is 14.6 Å². The fraction of sp³-hybridized carbons (Fsp3) is 0.188. The van der Waals surface area contributed by atoms with Gasteiger partial charge in [-0.2, -0.15) is 0 Å². The molecule has 0 bridgehead atoms. The van der Waals surface area contributed by atoms with Gasteiger partial charge in [-0.25, -0.2) is 4.79 Å². The van der Waals surface area contributed by atoms with E-state index in [1.165, 1.54) is 0 Å². The Kier molecular flexibility index (Phi) is 4.42. The molecule has 0 spiro atoms. The average molecular weight is 291 g/mol. The summed E-state index contributed by atoms with van der Waals surface area (Å²) >= 11 is 5.86. The number of halogens is 1. The van der Waals surface area contributed by atoms with Crippen molar-refractivity contribution in [1.29, 1.82) is 0 Å². The summed E-state index contributed by atoms with van der Waals surface area (Å²) in [6.07, 6.45) is 0. The Hall–Kier alpha value is -1.84. The topological polar surface area (TPSA) is 46.5 Å². The molecule has 0 aliphatic rings. The van der Waals surface area contributed by atoms with Crippen molar-refractivity contribution in [1.82, 2.24) is 0 Å². The standard InChI is InChI=1S/C16H15ClO3/c1-10-6-12(9-18)7-11(2)15(10)20-16(19)13-4-3-5-14(17)8-13/h3-8,18H,9H2,1-2H3. The maximum atomic E-state index is 12.1. The molecule has 0 atom stereocenters. The van der Waals surface area contributed by atoms with Crippen LogP contribution in [0.4, 0.5) is 0 Å². The van der Waals surface area contributed by atoms with E-state index in [4.69, 9.17) is 21.4 Å². The quantitative estimate of drug-likeness (QED) is 0.693. The zero-order valence-electron chi connectivity index (χ0n) is 11.3. The van der Waals surface area contributed by atoms with E-state index >= 15 is 0 Å². The molecule has 0 aliphatic heterocycles. The van der Waals surface area contributed by atoms with Crippen molar-refractivity contribution in [3.8, 4) is 5.75 Å². The van der Waals surface area contributed by atoms with Gasteiger partial charge in [-0.15, -0.1) is 0 Å². The molecule has 0 saturated heterocycles. The number of ether oxygens (including phenoxy) is 1. The molecule has 4 heteroatoms. The average Bonchev–Trinajstić information content (AvgIpc) is 2.42. The van der Waals surface area contributed by atoms with Gasteiger partial charge in [0.1, 0.15) is 5.75 Å². The van der Waals surface area contributed by atoms with E-state index in [2.05, 4.69) is 0 Å². The Morgan fingerprint density at radius 3 is 2.40 bits per heavy atom. The summed E-state index contributed by atoms with van der Waals surface area (Å²) in [4.78, 5) is 12.1. The second-order valence-corrected chi connectivity index (χ2v) is 5.05. The third-order valence-corrected chi connectivity index (χ3v) is 3.19. The van der Waals surface area contributed by atoms with E-state index < -0.39 is 5.97 Å². The van der Waals surface area contributed by atoms with Crippen LogP contribution in [-0.4, -0.2) is 11.1 Å². The van der Waals surface area contributed by atoms with Crippen LogP contribution in [-0.2, 0) is 6.61 Å². The maximum absolute atomic E-state index is 12.1. The second-order valence-electron chi connectivity index (χ2n) is 4.62. The first kappa shape index (κ1) is 14.6. The molecule has 20 heavy (non-hydrogen) atoms. The Labute approximate surface area is 122 Å². The number of aliphatic hydroxyl groups is 1. The van der Waals surface area contributed by atoms with Gasteiger partial charge in [0, 0.05) is 5.02 Å². The number of rotatable bonds is 3. The molecule has 1 N–H and O–H groups in total. The summed E-state index contributed by atoms with van der Waals surface area (Å²) in [6, 6.07) is 10.2. The Bertz CT molecular complexity index is 627. The van der Waals surface area contributed by atoms with Crippen LogP contribution in [0.15, 0.2) is 36.4 Å². The number of aliphatic hydroxyl groups excluding tert-OH is 1. The summed E-state index contributed by atoms with van der Waals surface area (Å²) in [6.45, 7) is 3.64. The first-order chi connectivity index (χ1) is 9.51. The van der Waals surface area contributed by atoms with E-state index in [9.17, 15) is 4.79 Å². The highest BCUT2D eigenvalue weighted by Gasteiger charge is 2.13. The van der Waals surface area contributed by atoms with E-state index in [1.54, 1.807) is 36.4 Å². The van der Waals surface area contributed by atoms with E-state index in [-0.39, 0.29) is 6.61 Å². The molecule has 3 nitrogen and oxygen atoms in total. The van der Waals surface area contributed by atoms with Crippen molar-refractivity contribution in [2.24, 2.45) is 0 Å². The van der Waals surface area contributed by atoms with Gasteiger partial charge in [-0.3, -0.25) is 0 Å². The van der Waals surface area contributed by atoms with Crippen molar-refractivity contribution >= 4 is 17.6 Å². The van der Waals surface area contributed by atoms with Crippen LogP contribution < -0.4 is 4.74 Å². The molecule has 2 rings (SSSR count). The Balaban J connectivity index is 2.28. The molecule has 0 aliphatic carbocycles. The lowest BCUT2D eigenvalue weighted by molar-refractivity contribution is 0.0732. The fourth-order valence-electron chi connectivity index (χ4n) is 2.06. The lowest BCUT2D eigenvalue weighted by atomic mass is 10.1. The van der Waals surface area contributed by atoms with Crippen LogP contribution >= 0.6 is 11.6 Å². The van der Waals surface area contributed by atoms with Gasteiger partial charge in [0.25, 0.3) is 0 Å². The second kappa shape index (κ2) is 6.07. The molecule has 0 aromatic heterocycles. The predicted molar refractivity (Wildman–Crippen MR) is 78.2 cm³/mol. The number of aryl methyl sites for hydroxylation is 2. The van der Waals surface area contributed by atoms with Gasteiger partial charge in [-0.1, -0.05) is 29.8 Å². The number of hydrogen-bond donors (Lipinski definition) is 1. The van der Waals surface area contributed by atoms with Crippen LogP contribution in [0.5, 0.6) is 5.75 Å². The zero-order chi connectivity index (χ0) is 14.7. The first-order valence-corrected chi connectivity index (χ1v) is 6.58. The van der Waals surface area contributed by atoms with Crippen LogP contribution in [0.2, 0.25) is 5.02 Å². The molecule has 2 aromatic rings. The fourth-order valence-corrected chi connectivity index (χ4v) is 2.25.